The van der Waals surface area contributed by atoms with Crippen LogP contribution in [0.5, 0.6) is 0 Å². The molecule has 1 aromatic carbocycles. The minimum atomic E-state index is -3.19. The van der Waals surface area contributed by atoms with Crippen molar-refractivity contribution < 1.29 is 8.42 Å². The van der Waals surface area contributed by atoms with Crippen LogP contribution in [0.25, 0.3) is 0 Å². The van der Waals surface area contributed by atoms with Crippen LogP contribution in [0.2, 0.25) is 0 Å². The maximum atomic E-state index is 12.7. The lowest BCUT2D eigenvalue weighted by molar-refractivity contribution is 0.136. The number of hydrogen-bond donors (Lipinski definition) is 0. The van der Waals surface area contributed by atoms with E-state index in [1.165, 1.54) is 25.9 Å². The zero-order valence-electron chi connectivity index (χ0n) is 15.7. The molecule has 4 nitrogen and oxygen atoms in total. The number of sulfonamides is 1. The quantitative estimate of drug-likeness (QED) is 0.805. The zero-order chi connectivity index (χ0) is 17.9. The van der Waals surface area contributed by atoms with Crippen LogP contribution in [0.4, 0.5) is 0 Å². The number of likely N-dealkylation sites (tertiary alicyclic amines) is 1. The number of rotatable bonds is 5. The van der Waals surface area contributed by atoms with E-state index in [9.17, 15) is 8.42 Å². The van der Waals surface area contributed by atoms with Crippen molar-refractivity contribution in [2.24, 2.45) is 11.8 Å². The summed E-state index contributed by atoms with van der Waals surface area (Å²) < 4.78 is 27.1. The summed E-state index contributed by atoms with van der Waals surface area (Å²) in [5.41, 5.74) is 2.05. The highest BCUT2D eigenvalue weighted by Gasteiger charge is 2.29. The summed E-state index contributed by atoms with van der Waals surface area (Å²) in [4.78, 5) is 2.59. The van der Waals surface area contributed by atoms with Crippen LogP contribution in [0.15, 0.2) is 24.3 Å². The number of aryl methyl sites for hydroxylation is 1. The Kier molecular flexibility index (Phi) is 6.18. The van der Waals surface area contributed by atoms with Crippen molar-refractivity contribution in [3.8, 4) is 0 Å². The van der Waals surface area contributed by atoms with Gasteiger partial charge in [0.15, 0.2) is 0 Å². The van der Waals surface area contributed by atoms with Crippen molar-refractivity contribution in [1.29, 1.82) is 0 Å². The number of benzene rings is 1. The Labute approximate surface area is 153 Å². The second-order valence-electron chi connectivity index (χ2n) is 8.09. The van der Waals surface area contributed by atoms with E-state index in [4.69, 9.17) is 0 Å². The molecule has 0 bridgehead atoms. The highest BCUT2D eigenvalue weighted by Crippen LogP contribution is 2.24. The first kappa shape index (κ1) is 18.9. The van der Waals surface area contributed by atoms with Crippen molar-refractivity contribution in [2.75, 3.05) is 32.7 Å². The van der Waals surface area contributed by atoms with Gasteiger partial charge in [0.25, 0.3) is 0 Å². The van der Waals surface area contributed by atoms with E-state index in [-0.39, 0.29) is 5.75 Å². The molecular formula is C20H32N2O2S. The fourth-order valence-electron chi connectivity index (χ4n) is 4.17. The summed E-state index contributed by atoms with van der Waals surface area (Å²) in [6.45, 7) is 9.31. The van der Waals surface area contributed by atoms with Gasteiger partial charge < -0.3 is 4.90 Å². The normalized spacial score (nSPS) is 24.5. The zero-order valence-corrected chi connectivity index (χ0v) is 16.5. The van der Waals surface area contributed by atoms with Gasteiger partial charge in [-0.3, -0.25) is 0 Å². The summed E-state index contributed by atoms with van der Waals surface area (Å²) in [7, 11) is -3.19. The van der Waals surface area contributed by atoms with Crippen LogP contribution in [-0.2, 0) is 15.8 Å². The molecule has 5 heteroatoms. The molecule has 25 heavy (non-hydrogen) atoms. The van der Waals surface area contributed by atoms with Crippen LogP contribution in [0, 0.1) is 18.8 Å². The fraction of sp³-hybridized carbons (Fsp3) is 0.700. The lowest BCUT2D eigenvalue weighted by Gasteiger charge is -2.37. The minimum absolute atomic E-state index is 0.127. The van der Waals surface area contributed by atoms with E-state index in [0.29, 0.717) is 19.0 Å². The Hall–Kier alpha value is -0.910. The Morgan fingerprint density at radius 2 is 1.72 bits per heavy atom. The monoisotopic (exact) mass is 364 g/mol. The molecule has 0 radical (unpaired) electrons. The third-order valence-electron chi connectivity index (χ3n) is 5.69. The van der Waals surface area contributed by atoms with Gasteiger partial charge in [-0.2, -0.15) is 0 Å². The molecule has 2 fully saturated rings. The molecule has 3 rings (SSSR count). The van der Waals surface area contributed by atoms with Gasteiger partial charge >= 0.3 is 0 Å². The van der Waals surface area contributed by atoms with E-state index in [0.717, 1.165) is 36.4 Å². The molecule has 2 heterocycles. The largest absolute Gasteiger partial charge is 0.303 e. The van der Waals surface area contributed by atoms with Crippen molar-refractivity contribution in [2.45, 2.75) is 45.3 Å². The van der Waals surface area contributed by atoms with Gasteiger partial charge in [0.2, 0.25) is 10.0 Å². The summed E-state index contributed by atoms with van der Waals surface area (Å²) in [6.07, 6.45) is 4.66. The molecule has 0 aliphatic carbocycles. The van der Waals surface area contributed by atoms with E-state index in [1.807, 2.05) is 31.2 Å². The summed E-state index contributed by atoms with van der Waals surface area (Å²) >= 11 is 0. The van der Waals surface area contributed by atoms with Crippen LogP contribution in [0.1, 0.15) is 43.7 Å². The van der Waals surface area contributed by atoms with E-state index >= 15 is 0 Å². The molecule has 140 valence electrons. The number of hydrogen-bond acceptors (Lipinski definition) is 3. The minimum Gasteiger partial charge on any atom is -0.303 e. The average Bonchev–Trinajstić information content (AvgIpc) is 2.57. The molecule has 0 aromatic heterocycles. The van der Waals surface area contributed by atoms with E-state index in [2.05, 4.69) is 11.8 Å². The third kappa shape index (κ3) is 5.28. The van der Waals surface area contributed by atoms with Crippen LogP contribution >= 0.6 is 0 Å². The Balaban J connectivity index is 1.50. The first-order valence-electron chi connectivity index (χ1n) is 9.68. The van der Waals surface area contributed by atoms with Gasteiger partial charge in [0.05, 0.1) is 5.75 Å². The molecule has 0 N–H and O–H groups in total. The number of piperidine rings is 2. The van der Waals surface area contributed by atoms with Crippen molar-refractivity contribution in [3.05, 3.63) is 35.4 Å². The standard InChI is InChI=1S/C20H32N2O2S/c1-17-5-7-20(8-6-17)16-25(23,24)22-12-9-19(10-13-22)15-21-11-3-4-18(2)14-21/h5-8,18-19H,3-4,9-16H2,1-2H3/t18-/m0/s1. The van der Waals surface area contributed by atoms with Gasteiger partial charge in [0.1, 0.15) is 0 Å². The van der Waals surface area contributed by atoms with Crippen molar-refractivity contribution in [3.63, 3.8) is 0 Å². The van der Waals surface area contributed by atoms with E-state index in [1.54, 1.807) is 4.31 Å². The van der Waals surface area contributed by atoms with Crippen LogP contribution < -0.4 is 0 Å². The lowest BCUT2D eigenvalue weighted by atomic mass is 9.94. The maximum absolute atomic E-state index is 12.7. The van der Waals surface area contributed by atoms with Gasteiger partial charge in [-0.25, -0.2) is 12.7 Å². The molecule has 2 aliphatic rings. The molecule has 0 unspecified atom stereocenters. The van der Waals surface area contributed by atoms with Gasteiger partial charge in [-0.1, -0.05) is 36.8 Å². The fourth-order valence-corrected chi connectivity index (χ4v) is 5.74. The molecule has 1 aromatic rings. The second-order valence-corrected chi connectivity index (χ2v) is 10.1. The first-order chi connectivity index (χ1) is 11.9. The summed E-state index contributed by atoms with van der Waals surface area (Å²) in [5.74, 6) is 1.58. The highest BCUT2D eigenvalue weighted by molar-refractivity contribution is 7.88. The predicted octanol–water partition coefficient (Wildman–Crippen LogP) is 3.27. The molecular weight excluding hydrogens is 332 g/mol. The topological polar surface area (TPSA) is 40.6 Å². The lowest BCUT2D eigenvalue weighted by Crippen LogP contribution is -2.43. The molecule has 0 saturated carbocycles. The van der Waals surface area contributed by atoms with Gasteiger partial charge in [-0.15, -0.1) is 0 Å². The van der Waals surface area contributed by atoms with Gasteiger partial charge in [-0.05, 0) is 56.6 Å². The summed E-state index contributed by atoms with van der Waals surface area (Å²) in [6, 6.07) is 7.82. The van der Waals surface area contributed by atoms with Crippen molar-refractivity contribution in [1.82, 2.24) is 9.21 Å². The Morgan fingerprint density at radius 1 is 1.04 bits per heavy atom. The SMILES string of the molecule is Cc1ccc(CS(=O)(=O)N2CCC(CN3CCC[C@H](C)C3)CC2)cc1. The maximum Gasteiger partial charge on any atom is 0.218 e. The van der Waals surface area contributed by atoms with E-state index < -0.39 is 10.0 Å². The van der Waals surface area contributed by atoms with Crippen LogP contribution in [-0.4, -0.2) is 50.3 Å². The predicted molar refractivity (Wildman–Crippen MR) is 103 cm³/mol. The van der Waals surface area contributed by atoms with Crippen molar-refractivity contribution >= 4 is 10.0 Å². The summed E-state index contributed by atoms with van der Waals surface area (Å²) in [5, 5.41) is 0. The third-order valence-corrected chi connectivity index (χ3v) is 7.54. The number of nitrogens with zero attached hydrogens (tertiary/aromatic N) is 2. The van der Waals surface area contributed by atoms with Crippen LogP contribution in [0.3, 0.4) is 0 Å². The smallest absolute Gasteiger partial charge is 0.218 e. The molecule has 1 atom stereocenters. The molecule has 0 amide bonds. The molecule has 0 spiro atoms. The highest BCUT2D eigenvalue weighted by atomic mass is 32.2. The second kappa shape index (κ2) is 8.19. The Morgan fingerprint density at radius 3 is 2.36 bits per heavy atom. The Bertz CT molecular complexity index is 649. The molecule has 2 aliphatic heterocycles. The average molecular weight is 365 g/mol. The van der Waals surface area contributed by atoms with Gasteiger partial charge in [0, 0.05) is 26.2 Å². The first-order valence-corrected chi connectivity index (χ1v) is 11.3. The molecule has 2 saturated heterocycles.